The molecule has 0 aromatic carbocycles. The molecule has 0 aliphatic heterocycles. The zero-order valence-corrected chi connectivity index (χ0v) is 13.1. The molecular weight excluding hydrogens is 268 g/mol. The van der Waals surface area contributed by atoms with Crippen molar-refractivity contribution in [3.05, 3.63) is 12.2 Å². The molecular formula is C17H28O4. The number of carbonyl (C=O) groups is 2. The number of hydrogen-bond acceptors (Lipinski definition) is 4. The van der Waals surface area contributed by atoms with E-state index in [1.807, 2.05) is 0 Å². The molecule has 1 aliphatic rings. The first-order chi connectivity index (χ1) is 10.1. The fourth-order valence-corrected chi connectivity index (χ4v) is 2.87. The fourth-order valence-electron chi connectivity index (χ4n) is 2.87. The van der Waals surface area contributed by atoms with Crippen LogP contribution in [-0.2, 0) is 14.3 Å². The Morgan fingerprint density at radius 2 is 2.10 bits per heavy atom. The minimum Gasteiger partial charge on any atom is -0.466 e. The molecule has 0 saturated heterocycles. The van der Waals surface area contributed by atoms with Gasteiger partial charge in [0.25, 0.3) is 0 Å². The lowest BCUT2D eigenvalue weighted by atomic mass is 9.92. The molecule has 21 heavy (non-hydrogen) atoms. The van der Waals surface area contributed by atoms with Crippen molar-refractivity contribution in [3.63, 3.8) is 0 Å². The fraction of sp³-hybridized carbons (Fsp3) is 0.765. The lowest BCUT2D eigenvalue weighted by molar-refractivity contribution is -0.142. The monoisotopic (exact) mass is 296 g/mol. The van der Waals surface area contributed by atoms with Crippen LogP contribution >= 0.6 is 0 Å². The Labute approximate surface area is 127 Å². The van der Waals surface area contributed by atoms with Crippen molar-refractivity contribution >= 4 is 11.8 Å². The molecule has 0 heterocycles. The van der Waals surface area contributed by atoms with Crippen LogP contribution < -0.4 is 0 Å². The van der Waals surface area contributed by atoms with Gasteiger partial charge in [-0.05, 0) is 38.0 Å². The lowest BCUT2D eigenvalue weighted by Crippen LogP contribution is -2.16. The molecule has 0 aromatic rings. The van der Waals surface area contributed by atoms with E-state index in [4.69, 9.17) is 9.84 Å². The van der Waals surface area contributed by atoms with E-state index in [2.05, 4.69) is 12.2 Å². The smallest absolute Gasteiger partial charge is 0.302 e. The number of aliphatic hydroxyl groups excluding tert-OH is 1. The number of rotatable bonds is 10. The van der Waals surface area contributed by atoms with Gasteiger partial charge in [0.05, 0.1) is 6.61 Å². The summed E-state index contributed by atoms with van der Waals surface area (Å²) in [4.78, 5) is 22.6. The molecule has 4 heteroatoms. The van der Waals surface area contributed by atoms with E-state index in [-0.39, 0.29) is 18.5 Å². The van der Waals surface area contributed by atoms with Gasteiger partial charge in [0.1, 0.15) is 5.78 Å². The van der Waals surface area contributed by atoms with Crippen molar-refractivity contribution in [2.75, 3.05) is 13.2 Å². The maximum absolute atomic E-state index is 11.9. The van der Waals surface area contributed by atoms with Gasteiger partial charge < -0.3 is 9.84 Å². The number of unbranched alkanes of at least 4 members (excludes halogenated alkanes) is 4. The third kappa shape index (κ3) is 7.42. The topological polar surface area (TPSA) is 63.6 Å². The van der Waals surface area contributed by atoms with E-state index in [9.17, 15) is 9.59 Å². The van der Waals surface area contributed by atoms with E-state index in [1.165, 1.54) is 6.92 Å². The maximum atomic E-state index is 11.9. The number of Topliss-reactive ketones (excluding diaryl/α,β-unsaturated/α-hetero) is 1. The van der Waals surface area contributed by atoms with E-state index in [0.717, 1.165) is 38.5 Å². The molecule has 1 saturated carbocycles. The molecule has 120 valence electrons. The molecule has 1 N–H and O–H groups in total. The Morgan fingerprint density at radius 1 is 1.33 bits per heavy atom. The predicted octanol–water partition coefficient (Wildman–Crippen LogP) is 3.03. The SMILES string of the molecule is CC(=O)OCC[C@@H]1C(=O)CC[C@H]1C=CCCCCCCO. The van der Waals surface area contributed by atoms with Crippen molar-refractivity contribution in [2.24, 2.45) is 11.8 Å². The van der Waals surface area contributed by atoms with Crippen molar-refractivity contribution in [1.82, 2.24) is 0 Å². The largest absolute Gasteiger partial charge is 0.466 e. The third-order valence-electron chi connectivity index (χ3n) is 4.05. The molecule has 1 fully saturated rings. The van der Waals surface area contributed by atoms with Crippen molar-refractivity contribution < 1.29 is 19.4 Å². The van der Waals surface area contributed by atoms with Crippen molar-refractivity contribution in [2.45, 2.75) is 58.3 Å². The molecule has 0 spiro atoms. The molecule has 0 aromatic heterocycles. The van der Waals surface area contributed by atoms with E-state index in [1.54, 1.807) is 0 Å². The average Bonchev–Trinajstić information content (AvgIpc) is 2.79. The second-order valence-corrected chi connectivity index (χ2v) is 5.76. The van der Waals surface area contributed by atoms with Gasteiger partial charge in [0.2, 0.25) is 0 Å². The summed E-state index contributed by atoms with van der Waals surface area (Å²) >= 11 is 0. The van der Waals surface area contributed by atoms with E-state index < -0.39 is 0 Å². The first-order valence-corrected chi connectivity index (χ1v) is 8.08. The molecule has 2 atom stereocenters. The summed E-state index contributed by atoms with van der Waals surface area (Å²) < 4.78 is 4.95. The van der Waals surface area contributed by atoms with Crippen LogP contribution in [-0.4, -0.2) is 30.1 Å². The Balaban J connectivity index is 2.24. The van der Waals surface area contributed by atoms with Crippen LogP contribution in [0, 0.1) is 11.8 Å². The minimum absolute atomic E-state index is 0.0231. The molecule has 1 aliphatic carbocycles. The number of esters is 1. The van der Waals surface area contributed by atoms with Gasteiger partial charge in [0, 0.05) is 25.9 Å². The van der Waals surface area contributed by atoms with Crippen LogP contribution in [0.3, 0.4) is 0 Å². The normalized spacial score (nSPS) is 22.1. The Morgan fingerprint density at radius 3 is 2.81 bits per heavy atom. The van der Waals surface area contributed by atoms with Gasteiger partial charge in [-0.1, -0.05) is 25.0 Å². The molecule has 4 nitrogen and oxygen atoms in total. The molecule has 0 radical (unpaired) electrons. The number of aliphatic hydroxyl groups is 1. The molecule has 1 rings (SSSR count). The van der Waals surface area contributed by atoms with Gasteiger partial charge in [0.15, 0.2) is 0 Å². The van der Waals surface area contributed by atoms with Gasteiger partial charge in [-0.3, -0.25) is 9.59 Å². The van der Waals surface area contributed by atoms with E-state index in [0.29, 0.717) is 31.1 Å². The minimum atomic E-state index is -0.282. The number of carbonyl (C=O) groups excluding carboxylic acids is 2. The zero-order valence-electron chi connectivity index (χ0n) is 13.1. The highest BCUT2D eigenvalue weighted by atomic mass is 16.5. The second-order valence-electron chi connectivity index (χ2n) is 5.76. The third-order valence-corrected chi connectivity index (χ3v) is 4.05. The molecule has 0 unspecified atom stereocenters. The Kier molecular flexibility index (Phi) is 8.99. The molecule has 0 bridgehead atoms. The summed E-state index contributed by atoms with van der Waals surface area (Å²) in [5, 5.41) is 8.69. The lowest BCUT2D eigenvalue weighted by Gasteiger charge is -2.14. The van der Waals surface area contributed by atoms with Crippen LogP contribution in [0.25, 0.3) is 0 Å². The van der Waals surface area contributed by atoms with Crippen LogP contribution in [0.2, 0.25) is 0 Å². The number of allylic oxidation sites excluding steroid dienone is 2. The summed E-state index contributed by atoms with van der Waals surface area (Å²) in [6.45, 7) is 2.02. The summed E-state index contributed by atoms with van der Waals surface area (Å²) in [6.07, 6.45) is 11.9. The number of ether oxygens (including phenoxy) is 1. The highest BCUT2D eigenvalue weighted by molar-refractivity contribution is 5.83. The van der Waals surface area contributed by atoms with Gasteiger partial charge in [-0.2, -0.15) is 0 Å². The van der Waals surface area contributed by atoms with Crippen LogP contribution in [0.4, 0.5) is 0 Å². The highest BCUT2D eigenvalue weighted by Gasteiger charge is 2.32. The summed E-state index contributed by atoms with van der Waals surface area (Å²) in [5.41, 5.74) is 0. The number of ketones is 1. The van der Waals surface area contributed by atoms with Gasteiger partial charge >= 0.3 is 5.97 Å². The Bertz CT molecular complexity index is 349. The first-order valence-electron chi connectivity index (χ1n) is 8.08. The standard InChI is InChI=1S/C17H28O4/c1-14(19)21-13-11-16-15(9-10-17(16)20)8-6-4-2-3-5-7-12-18/h6,8,15-16,18H,2-5,7,9-13H2,1H3/t15-,16+/m1/s1. The van der Waals surface area contributed by atoms with Crippen molar-refractivity contribution in [3.8, 4) is 0 Å². The van der Waals surface area contributed by atoms with Gasteiger partial charge in [-0.15, -0.1) is 0 Å². The van der Waals surface area contributed by atoms with Crippen molar-refractivity contribution in [1.29, 1.82) is 0 Å². The van der Waals surface area contributed by atoms with Gasteiger partial charge in [-0.25, -0.2) is 0 Å². The second kappa shape index (κ2) is 10.6. The van der Waals surface area contributed by atoms with Crippen LogP contribution in [0.15, 0.2) is 12.2 Å². The van der Waals surface area contributed by atoms with E-state index >= 15 is 0 Å². The van der Waals surface area contributed by atoms with Crippen LogP contribution in [0.1, 0.15) is 58.3 Å². The van der Waals surface area contributed by atoms with Crippen LogP contribution in [0.5, 0.6) is 0 Å². The quantitative estimate of drug-likeness (QED) is 0.382. The highest BCUT2D eigenvalue weighted by Crippen LogP contribution is 2.32. The Hall–Kier alpha value is -1.16. The maximum Gasteiger partial charge on any atom is 0.302 e. The average molecular weight is 296 g/mol. The summed E-state index contributed by atoms with van der Waals surface area (Å²) in [7, 11) is 0. The number of hydrogen-bond donors (Lipinski definition) is 1. The molecule has 0 amide bonds. The zero-order chi connectivity index (χ0) is 15.5. The summed E-state index contributed by atoms with van der Waals surface area (Å²) in [6, 6.07) is 0. The summed E-state index contributed by atoms with van der Waals surface area (Å²) in [5.74, 6) is 0.357. The predicted molar refractivity (Wildman–Crippen MR) is 81.8 cm³/mol. The first kappa shape index (κ1) is 17.9.